The van der Waals surface area contributed by atoms with Crippen molar-refractivity contribution < 1.29 is 19.5 Å². The molecule has 0 unspecified atom stereocenters. The number of carbonyl (C=O) groups is 3. The Bertz CT molecular complexity index is 803. The van der Waals surface area contributed by atoms with Crippen LogP contribution in [0.4, 0.5) is 0 Å². The van der Waals surface area contributed by atoms with Crippen LogP contribution in [-0.4, -0.2) is 93.0 Å². The van der Waals surface area contributed by atoms with Gasteiger partial charge in [0, 0.05) is 39.6 Å². The van der Waals surface area contributed by atoms with Crippen molar-refractivity contribution in [2.75, 3.05) is 33.2 Å². The highest BCUT2D eigenvalue weighted by Gasteiger charge is 2.45. The molecule has 2 aliphatic heterocycles. The summed E-state index contributed by atoms with van der Waals surface area (Å²) in [5.41, 5.74) is 0.157. The molecule has 1 aromatic heterocycles. The lowest BCUT2D eigenvalue weighted by molar-refractivity contribution is -0.144. The number of piperazine rings is 1. The zero-order chi connectivity index (χ0) is 22.1. The Hall–Kier alpha value is -2.53. The third-order valence-corrected chi connectivity index (χ3v) is 5.49. The van der Waals surface area contributed by atoms with Crippen molar-refractivity contribution >= 4 is 17.7 Å². The van der Waals surface area contributed by atoms with E-state index in [1.54, 1.807) is 6.20 Å². The molecule has 166 valence electrons. The highest BCUT2D eigenvalue weighted by atomic mass is 16.3. The number of aliphatic hydroxyl groups excluding tert-OH is 1. The Kier molecular flexibility index (Phi) is 6.41. The van der Waals surface area contributed by atoms with Gasteiger partial charge in [-0.2, -0.15) is 0 Å². The van der Waals surface area contributed by atoms with Gasteiger partial charge in [-0.3, -0.25) is 19.3 Å². The van der Waals surface area contributed by atoms with E-state index < -0.39 is 23.6 Å². The minimum atomic E-state index is -0.742. The van der Waals surface area contributed by atoms with E-state index in [4.69, 9.17) is 0 Å². The molecule has 3 rings (SSSR count). The van der Waals surface area contributed by atoms with Crippen molar-refractivity contribution in [1.29, 1.82) is 0 Å². The van der Waals surface area contributed by atoms with Gasteiger partial charge in [0.15, 0.2) is 0 Å². The second kappa shape index (κ2) is 8.68. The van der Waals surface area contributed by atoms with Crippen LogP contribution in [0.2, 0.25) is 0 Å². The number of aromatic nitrogens is 3. The first-order valence-electron chi connectivity index (χ1n) is 10.2. The third-order valence-electron chi connectivity index (χ3n) is 5.49. The Labute approximate surface area is 175 Å². The van der Waals surface area contributed by atoms with Crippen molar-refractivity contribution in [3.05, 3.63) is 11.9 Å². The van der Waals surface area contributed by atoms with Crippen molar-refractivity contribution in [2.24, 2.45) is 5.41 Å². The summed E-state index contributed by atoms with van der Waals surface area (Å²) in [6.45, 7) is 7.95. The first-order chi connectivity index (χ1) is 14.1. The molecule has 3 atom stereocenters. The number of β-amino-alcohol motifs (C(OH)–C–C–N with tert-alkyl or cyclic N) is 1. The number of rotatable bonds is 5. The van der Waals surface area contributed by atoms with Crippen LogP contribution in [0.25, 0.3) is 0 Å². The number of nitrogens with one attached hydrogen (secondary N) is 2. The number of likely N-dealkylation sites (N-methyl/N-ethyl adjacent to an activating group) is 1. The van der Waals surface area contributed by atoms with Gasteiger partial charge in [0.2, 0.25) is 17.7 Å². The highest BCUT2D eigenvalue weighted by Crippen LogP contribution is 2.34. The number of hydrogen-bond donors (Lipinski definition) is 3. The lowest BCUT2D eigenvalue weighted by Crippen LogP contribution is -2.49. The normalized spacial score (nSPS) is 23.9. The van der Waals surface area contributed by atoms with E-state index in [1.807, 2.05) is 25.7 Å². The standard InChI is InChI=1S/C19H31N7O4/c1-19(2,3)16(18(30)25-10-13(27)7-14(25)17(29)20-4)26-9-12(22-23-26)8-24-6-5-21-15(28)11-24/h9,13-14,16,27H,5-8,10-11H2,1-4H3,(H,20,29)(H,21,28)/t13-,14+,16-/m1/s1. The fourth-order valence-electron chi connectivity index (χ4n) is 4.08. The molecule has 0 spiro atoms. The number of likely N-dealkylation sites (tertiary alicyclic amines) is 1. The highest BCUT2D eigenvalue weighted by molar-refractivity contribution is 5.90. The summed E-state index contributed by atoms with van der Waals surface area (Å²) >= 11 is 0. The van der Waals surface area contributed by atoms with Gasteiger partial charge in [0.05, 0.1) is 24.5 Å². The molecular weight excluding hydrogens is 390 g/mol. The fraction of sp³-hybridized carbons (Fsp3) is 0.737. The average Bonchev–Trinajstić information content (AvgIpc) is 3.26. The molecule has 30 heavy (non-hydrogen) atoms. The molecule has 3 N–H and O–H groups in total. The molecule has 0 saturated carbocycles. The lowest BCUT2D eigenvalue weighted by atomic mass is 9.85. The van der Waals surface area contributed by atoms with E-state index in [-0.39, 0.29) is 30.7 Å². The van der Waals surface area contributed by atoms with E-state index in [0.29, 0.717) is 25.3 Å². The Balaban J connectivity index is 1.81. The molecule has 0 radical (unpaired) electrons. The van der Waals surface area contributed by atoms with Crippen molar-refractivity contribution in [3.8, 4) is 0 Å². The van der Waals surface area contributed by atoms with Crippen LogP contribution in [0, 0.1) is 5.41 Å². The molecule has 3 amide bonds. The smallest absolute Gasteiger partial charge is 0.248 e. The van der Waals surface area contributed by atoms with E-state index in [1.165, 1.54) is 16.6 Å². The maximum Gasteiger partial charge on any atom is 0.248 e. The van der Waals surface area contributed by atoms with Gasteiger partial charge >= 0.3 is 0 Å². The number of aliphatic hydroxyl groups is 1. The van der Waals surface area contributed by atoms with Crippen LogP contribution in [0.1, 0.15) is 38.9 Å². The van der Waals surface area contributed by atoms with Gasteiger partial charge in [-0.25, -0.2) is 4.68 Å². The van der Waals surface area contributed by atoms with Gasteiger partial charge in [0.1, 0.15) is 12.1 Å². The molecule has 2 saturated heterocycles. The summed E-state index contributed by atoms with van der Waals surface area (Å²) < 4.78 is 1.54. The van der Waals surface area contributed by atoms with Gasteiger partial charge in [0.25, 0.3) is 0 Å². The largest absolute Gasteiger partial charge is 0.391 e. The zero-order valence-electron chi connectivity index (χ0n) is 18.0. The van der Waals surface area contributed by atoms with Crippen LogP contribution in [0.15, 0.2) is 6.20 Å². The van der Waals surface area contributed by atoms with E-state index in [9.17, 15) is 19.5 Å². The first kappa shape index (κ1) is 22.2. The van der Waals surface area contributed by atoms with E-state index >= 15 is 0 Å². The molecular formula is C19H31N7O4. The van der Waals surface area contributed by atoms with Crippen LogP contribution >= 0.6 is 0 Å². The first-order valence-corrected chi connectivity index (χ1v) is 10.2. The van der Waals surface area contributed by atoms with Gasteiger partial charge in [-0.1, -0.05) is 26.0 Å². The Morgan fingerprint density at radius 3 is 2.77 bits per heavy atom. The predicted octanol–water partition coefficient (Wildman–Crippen LogP) is -1.50. The van der Waals surface area contributed by atoms with E-state index in [0.717, 1.165) is 6.54 Å². The quantitative estimate of drug-likeness (QED) is 0.527. The maximum atomic E-state index is 13.5. The third kappa shape index (κ3) is 4.78. The van der Waals surface area contributed by atoms with E-state index in [2.05, 4.69) is 20.9 Å². The SMILES string of the molecule is CNC(=O)[C@@H]1C[C@@H](O)CN1C(=O)[C@@H](n1cc(CN2CCNC(=O)C2)nn1)C(C)(C)C. The molecule has 2 aliphatic rings. The summed E-state index contributed by atoms with van der Waals surface area (Å²) in [5, 5.41) is 23.8. The molecule has 2 fully saturated rings. The molecule has 0 aliphatic carbocycles. The molecule has 0 aromatic carbocycles. The molecule has 0 bridgehead atoms. The second-order valence-corrected chi connectivity index (χ2v) is 9.03. The summed E-state index contributed by atoms with van der Waals surface area (Å²) in [6, 6.07) is -1.40. The zero-order valence-corrected chi connectivity index (χ0v) is 18.0. The minimum absolute atomic E-state index is 0.0239. The topological polar surface area (TPSA) is 133 Å². The molecule has 11 nitrogen and oxygen atoms in total. The summed E-state index contributed by atoms with van der Waals surface area (Å²) in [6.07, 6.45) is 1.19. The van der Waals surface area contributed by atoms with Crippen LogP contribution < -0.4 is 10.6 Å². The Morgan fingerprint density at radius 2 is 2.13 bits per heavy atom. The maximum absolute atomic E-state index is 13.5. The second-order valence-electron chi connectivity index (χ2n) is 9.03. The van der Waals surface area contributed by atoms with Crippen LogP contribution in [0.3, 0.4) is 0 Å². The van der Waals surface area contributed by atoms with Gasteiger partial charge in [-0.05, 0) is 5.41 Å². The monoisotopic (exact) mass is 421 g/mol. The Morgan fingerprint density at radius 1 is 1.40 bits per heavy atom. The number of carbonyl (C=O) groups excluding carboxylic acids is 3. The lowest BCUT2D eigenvalue weighted by Gasteiger charge is -2.34. The number of amides is 3. The fourth-order valence-corrected chi connectivity index (χ4v) is 4.08. The molecule has 3 heterocycles. The number of hydrogen-bond acceptors (Lipinski definition) is 7. The van der Waals surface area contributed by atoms with Gasteiger partial charge in [-0.15, -0.1) is 5.10 Å². The van der Waals surface area contributed by atoms with Crippen molar-refractivity contribution in [1.82, 2.24) is 35.4 Å². The minimum Gasteiger partial charge on any atom is -0.391 e. The van der Waals surface area contributed by atoms with Crippen LogP contribution in [0.5, 0.6) is 0 Å². The summed E-state index contributed by atoms with van der Waals surface area (Å²) in [5.74, 6) is -0.596. The number of nitrogens with zero attached hydrogens (tertiary/aromatic N) is 5. The summed E-state index contributed by atoms with van der Waals surface area (Å²) in [4.78, 5) is 40.7. The molecule has 11 heteroatoms. The van der Waals surface area contributed by atoms with Gasteiger partial charge < -0.3 is 20.6 Å². The predicted molar refractivity (Wildman–Crippen MR) is 107 cm³/mol. The average molecular weight is 422 g/mol. The summed E-state index contributed by atoms with van der Waals surface area (Å²) in [7, 11) is 1.52. The van der Waals surface area contributed by atoms with Crippen molar-refractivity contribution in [3.63, 3.8) is 0 Å². The van der Waals surface area contributed by atoms with Crippen molar-refractivity contribution in [2.45, 2.75) is 51.9 Å². The molecule has 1 aromatic rings. The van der Waals surface area contributed by atoms with Crippen LogP contribution in [-0.2, 0) is 20.9 Å².